The Kier molecular flexibility index (Phi) is 5.26. The van der Waals surface area contributed by atoms with Crippen molar-refractivity contribution < 1.29 is 13.2 Å². The van der Waals surface area contributed by atoms with Crippen molar-refractivity contribution >= 4 is 15.7 Å². The average Bonchev–Trinajstić information content (AvgIpc) is 3.43. The van der Waals surface area contributed by atoms with Gasteiger partial charge in [0.2, 0.25) is 10.0 Å². The lowest BCUT2D eigenvalue weighted by molar-refractivity contribution is 0.415. The van der Waals surface area contributed by atoms with E-state index >= 15 is 0 Å². The second kappa shape index (κ2) is 7.19. The summed E-state index contributed by atoms with van der Waals surface area (Å²) < 4.78 is 32.0. The number of nitrogens with zero attached hydrogens (tertiary/aromatic N) is 1. The zero-order valence-electron chi connectivity index (χ0n) is 16.8. The molecule has 3 rings (SSSR count). The molecule has 0 aliphatic heterocycles. The molecule has 1 fully saturated rings. The molecule has 0 heterocycles. The van der Waals surface area contributed by atoms with Gasteiger partial charge in [-0.25, -0.2) is 8.42 Å². The van der Waals surface area contributed by atoms with Crippen LogP contribution in [-0.2, 0) is 22.0 Å². The largest absolute Gasteiger partial charge is 0.495 e. The Labute approximate surface area is 163 Å². The Bertz CT molecular complexity index is 908. The molecule has 0 atom stereocenters. The van der Waals surface area contributed by atoms with Crippen LogP contribution in [0.5, 0.6) is 5.75 Å². The van der Waals surface area contributed by atoms with Gasteiger partial charge in [-0.1, -0.05) is 51.1 Å². The van der Waals surface area contributed by atoms with Crippen LogP contribution in [0.2, 0.25) is 0 Å². The smallest absolute Gasteiger partial charge is 0.232 e. The van der Waals surface area contributed by atoms with Crippen LogP contribution in [0.25, 0.3) is 0 Å². The molecule has 0 radical (unpaired) electrons. The molecule has 0 bridgehead atoms. The molecule has 0 amide bonds. The Balaban J connectivity index is 1.93. The first kappa shape index (κ1) is 19.7. The molecule has 0 N–H and O–H groups in total. The van der Waals surface area contributed by atoms with E-state index in [1.807, 2.05) is 30.3 Å². The van der Waals surface area contributed by atoms with Gasteiger partial charge in [0.25, 0.3) is 0 Å². The van der Waals surface area contributed by atoms with E-state index in [0.717, 1.165) is 5.56 Å². The summed E-state index contributed by atoms with van der Waals surface area (Å²) in [4.78, 5) is 0. The van der Waals surface area contributed by atoms with E-state index in [9.17, 15) is 8.42 Å². The highest BCUT2D eigenvalue weighted by Crippen LogP contribution is 2.43. The predicted octanol–water partition coefficient (Wildman–Crippen LogP) is 4.84. The third-order valence-electron chi connectivity index (χ3n) is 5.07. The number of anilines is 1. The molecule has 0 saturated heterocycles. The van der Waals surface area contributed by atoms with Crippen LogP contribution in [0, 0.1) is 0 Å². The number of ether oxygens (including phenoxy) is 1. The van der Waals surface area contributed by atoms with Crippen LogP contribution < -0.4 is 9.04 Å². The highest BCUT2D eigenvalue weighted by molar-refractivity contribution is 7.92. The lowest BCUT2D eigenvalue weighted by Crippen LogP contribution is -2.29. The maximum Gasteiger partial charge on any atom is 0.232 e. The van der Waals surface area contributed by atoms with Gasteiger partial charge >= 0.3 is 0 Å². The van der Waals surface area contributed by atoms with Gasteiger partial charge in [0.1, 0.15) is 5.75 Å². The summed E-state index contributed by atoms with van der Waals surface area (Å²) in [5.74, 6) is 1.20. The van der Waals surface area contributed by atoms with E-state index in [1.54, 1.807) is 7.11 Å². The standard InChI is InChI=1S/C22H29NO3S/c1-22(2,3)19-11-6-16(7-12-19)15-23(27(5,24)25)20-13-10-18(17-8-9-17)14-21(20)26-4/h6-7,10-14,17H,8-9,15H2,1-5H3. The fourth-order valence-corrected chi connectivity index (χ4v) is 4.12. The minimum Gasteiger partial charge on any atom is -0.495 e. The zero-order chi connectivity index (χ0) is 19.8. The Morgan fingerprint density at radius 2 is 1.70 bits per heavy atom. The zero-order valence-corrected chi connectivity index (χ0v) is 17.6. The molecular formula is C22H29NO3S. The molecule has 1 saturated carbocycles. The van der Waals surface area contributed by atoms with Crippen molar-refractivity contribution in [1.82, 2.24) is 0 Å². The van der Waals surface area contributed by atoms with Crippen molar-refractivity contribution in [1.29, 1.82) is 0 Å². The summed E-state index contributed by atoms with van der Waals surface area (Å²) in [7, 11) is -1.86. The van der Waals surface area contributed by atoms with Gasteiger partial charge in [-0.15, -0.1) is 0 Å². The van der Waals surface area contributed by atoms with E-state index < -0.39 is 10.0 Å². The van der Waals surface area contributed by atoms with Crippen LogP contribution in [0.1, 0.15) is 56.2 Å². The normalized spacial score (nSPS) is 14.9. The summed E-state index contributed by atoms with van der Waals surface area (Å²) in [5, 5.41) is 0. The van der Waals surface area contributed by atoms with Gasteiger partial charge in [0.15, 0.2) is 0 Å². The highest BCUT2D eigenvalue weighted by Gasteiger charge is 2.27. The molecular weight excluding hydrogens is 358 g/mol. The molecule has 2 aromatic carbocycles. The van der Waals surface area contributed by atoms with Gasteiger partial charge in [-0.2, -0.15) is 0 Å². The van der Waals surface area contributed by atoms with Gasteiger partial charge < -0.3 is 4.74 Å². The fraction of sp³-hybridized carbons (Fsp3) is 0.455. The highest BCUT2D eigenvalue weighted by atomic mass is 32.2. The first-order chi connectivity index (χ1) is 12.6. The summed E-state index contributed by atoms with van der Waals surface area (Å²) in [5.41, 5.74) is 4.05. The molecule has 1 aliphatic rings. The van der Waals surface area contributed by atoms with E-state index in [4.69, 9.17) is 4.74 Å². The van der Waals surface area contributed by atoms with Gasteiger partial charge in [-0.05, 0) is 53.0 Å². The second-order valence-corrected chi connectivity index (χ2v) is 10.3. The SMILES string of the molecule is COc1cc(C2CC2)ccc1N(Cc1ccc(C(C)(C)C)cc1)S(C)(=O)=O. The monoisotopic (exact) mass is 387 g/mol. The predicted molar refractivity (Wildman–Crippen MR) is 111 cm³/mol. The number of rotatable bonds is 6. The fourth-order valence-electron chi connectivity index (χ4n) is 3.23. The molecule has 146 valence electrons. The van der Waals surface area contributed by atoms with Crippen molar-refractivity contribution in [2.24, 2.45) is 0 Å². The first-order valence-electron chi connectivity index (χ1n) is 9.34. The molecule has 0 aromatic heterocycles. The van der Waals surface area contributed by atoms with Crippen LogP contribution in [0.15, 0.2) is 42.5 Å². The Morgan fingerprint density at radius 1 is 1.07 bits per heavy atom. The topological polar surface area (TPSA) is 46.6 Å². The number of methoxy groups -OCH3 is 1. The number of benzene rings is 2. The first-order valence-corrected chi connectivity index (χ1v) is 11.2. The van der Waals surface area contributed by atoms with Crippen LogP contribution >= 0.6 is 0 Å². The lowest BCUT2D eigenvalue weighted by Gasteiger charge is -2.25. The summed E-state index contributed by atoms with van der Waals surface area (Å²) in [6.07, 6.45) is 3.63. The maximum absolute atomic E-state index is 12.5. The van der Waals surface area contributed by atoms with Crippen LogP contribution in [-0.4, -0.2) is 21.8 Å². The van der Waals surface area contributed by atoms with Crippen molar-refractivity contribution in [3.05, 3.63) is 59.2 Å². The van der Waals surface area contributed by atoms with E-state index in [0.29, 0.717) is 17.4 Å². The third kappa shape index (κ3) is 4.64. The number of hydrogen-bond acceptors (Lipinski definition) is 3. The molecule has 0 spiro atoms. The number of hydrogen-bond donors (Lipinski definition) is 0. The Morgan fingerprint density at radius 3 is 2.19 bits per heavy atom. The number of sulfonamides is 1. The van der Waals surface area contributed by atoms with Gasteiger partial charge in [0.05, 0.1) is 25.6 Å². The maximum atomic E-state index is 12.5. The van der Waals surface area contributed by atoms with E-state index in [1.165, 1.54) is 34.5 Å². The minimum absolute atomic E-state index is 0.0664. The lowest BCUT2D eigenvalue weighted by atomic mass is 9.87. The third-order valence-corrected chi connectivity index (χ3v) is 6.19. The van der Waals surface area contributed by atoms with Crippen LogP contribution in [0.3, 0.4) is 0 Å². The average molecular weight is 388 g/mol. The summed E-state index contributed by atoms with van der Waals surface area (Å²) in [6, 6.07) is 14.0. The van der Waals surface area contributed by atoms with Crippen LogP contribution in [0.4, 0.5) is 5.69 Å². The molecule has 4 nitrogen and oxygen atoms in total. The quantitative estimate of drug-likeness (QED) is 0.713. The molecule has 5 heteroatoms. The van der Waals surface area contributed by atoms with Gasteiger partial charge in [0, 0.05) is 0 Å². The summed E-state index contributed by atoms with van der Waals surface area (Å²) >= 11 is 0. The van der Waals surface area contributed by atoms with Crippen molar-refractivity contribution in [3.8, 4) is 5.75 Å². The second-order valence-electron chi connectivity index (χ2n) is 8.42. The van der Waals surface area contributed by atoms with Crippen molar-refractivity contribution in [3.63, 3.8) is 0 Å². The van der Waals surface area contributed by atoms with E-state index in [-0.39, 0.29) is 12.0 Å². The molecule has 2 aromatic rings. The van der Waals surface area contributed by atoms with Gasteiger partial charge in [-0.3, -0.25) is 4.31 Å². The molecule has 1 aliphatic carbocycles. The van der Waals surface area contributed by atoms with E-state index in [2.05, 4.69) is 32.9 Å². The molecule has 0 unspecified atom stereocenters. The minimum atomic E-state index is -3.45. The molecule has 27 heavy (non-hydrogen) atoms. The van der Waals surface area contributed by atoms with Crippen molar-refractivity contribution in [2.75, 3.05) is 17.7 Å². The van der Waals surface area contributed by atoms with Crippen molar-refractivity contribution in [2.45, 2.75) is 51.5 Å². The summed E-state index contributed by atoms with van der Waals surface area (Å²) in [6.45, 7) is 6.77. The Hall–Kier alpha value is -2.01.